The molecule has 0 aromatic heterocycles. The van der Waals surface area contributed by atoms with Crippen LogP contribution in [0.4, 0.5) is 0 Å². The number of carbonyl (C=O) groups excluding carboxylic acids is 1. The van der Waals surface area contributed by atoms with E-state index in [1.807, 2.05) is 0 Å². The van der Waals surface area contributed by atoms with Gasteiger partial charge in [0.15, 0.2) is 0 Å². The van der Waals surface area contributed by atoms with Crippen LogP contribution in [0.25, 0.3) is 0 Å². The summed E-state index contributed by atoms with van der Waals surface area (Å²) in [5, 5.41) is 7.31. The number of hydrogen-bond donors (Lipinski definition) is 2. The largest absolute Gasteiger partial charge is 0.348 e. The van der Waals surface area contributed by atoms with Crippen molar-refractivity contribution < 1.29 is 4.79 Å². The average molecular weight is 324 g/mol. The minimum absolute atomic E-state index is 0. The summed E-state index contributed by atoms with van der Waals surface area (Å²) in [5.41, 5.74) is 0.505. The lowest BCUT2D eigenvalue weighted by Gasteiger charge is -2.30. The molecular formula is C13H17Cl3N2O. The van der Waals surface area contributed by atoms with Crippen LogP contribution in [0.3, 0.4) is 0 Å². The number of halogens is 3. The maximum atomic E-state index is 12.1. The Balaban J connectivity index is 0.00000180. The molecule has 19 heavy (non-hydrogen) atoms. The molecule has 0 spiro atoms. The molecule has 1 aromatic rings. The molecule has 0 saturated carbocycles. The van der Waals surface area contributed by atoms with Crippen LogP contribution in [0.1, 0.15) is 30.1 Å². The molecular weight excluding hydrogens is 307 g/mol. The van der Waals surface area contributed by atoms with Gasteiger partial charge in [-0.3, -0.25) is 4.79 Å². The monoisotopic (exact) mass is 322 g/mol. The smallest absolute Gasteiger partial charge is 0.251 e. The second kappa shape index (κ2) is 7.34. The van der Waals surface area contributed by atoms with Crippen LogP contribution in [0, 0.1) is 0 Å². The first-order valence-corrected chi connectivity index (χ1v) is 6.82. The maximum absolute atomic E-state index is 12.1. The summed E-state index contributed by atoms with van der Waals surface area (Å²) in [6.07, 6.45) is 2.07. The fourth-order valence-corrected chi connectivity index (χ4v) is 2.70. The molecule has 2 N–H and O–H groups in total. The zero-order valence-electron chi connectivity index (χ0n) is 10.6. The summed E-state index contributed by atoms with van der Waals surface area (Å²) in [4.78, 5) is 12.1. The van der Waals surface area contributed by atoms with Crippen molar-refractivity contribution in [3.05, 3.63) is 33.8 Å². The van der Waals surface area contributed by atoms with Crippen molar-refractivity contribution in [2.24, 2.45) is 0 Å². The Bertz CT molecular complexity index is 433. The van der Waals surface area contributed by atoms with Gasteiger partial charge in [-0.2, -0.15) is 0 Å². The first kappa shape index (κ1) is 16.6. The van der Waals surface area contributed by atoms with E-state index in [0.29, 0.717) is 15.6 Å². The minimum Gasteiger partial charge on any atom is -0.348 e. The lowest BCUT2D eigenvalue weighted by molar-refractivity contribution is 0.0920. The van der Waals surface area contributed by atoms with Gasteiger partial charge < -0.3 is 10.6 Å². The lowest BCUT2D eigenvalue weighted by Crippen LogP contribution is -2.51. The van der Waals surface area contributed by atoms with Gasteiger partial charge in [0.2, 0.25) is 0 Å². The van der Waals surface area contributed by atoms with E-state index >= 15 is 0 Å². The summed E-state index contributed by atoms with van der Waals surface area (Å²) >= 11 is 11.8. The molecule has 1 saturated heterocycles. The van der Waals surface area contributed by atoms with Crippen LogP contribution in [0.15, 0.2) is 18.2 Å². The van der Waals surface area contributed by atoms with E-state index in [1.54, 1.807) is 18.2 Å². The van der Waals surface area contributed by atoms with E-state index < -0.39 is 0 Å². The number of carbonyl (C=O) groups is 1. The zero-order valence-corrected chi connectivity index (χ0v) is 12.9. The molecule has 0 bridgehead atoms. The van der Waals surface area contributed by atoms with Crippen LogP contribution >= 0.6 is 35.6 Å². The molecule has 2 rings (SSSR count). The first-order chi connectivity index (χ1) is 8.56. The van der Waals surface area contributed by atoms with Crippen molar-refractivity contribution in [3.8, 4) is 0 Å². The zero-order chi connectivity index (χ0) is 13.1. The maximum Gasteiger partial charge on any atom is 0.251 e. The summed E-state index contributed by atoms with van der Waals surface area (Å²) in [6, 6.07) is 5.32. The molecule has 0 aliphatic carbocycles. The van der Waals surface area contributed by atoms with Gasteiger partial charge in [-0.15, -0.1) is 12.4 Å². The SMILES string of the molecule is CC1NCCCC1NC(=O)c1cc(Cl)cc(Cl)c1.Cl. The highest BCUT2D eigenvalue weighted by atomic mass is 35.5. The topological polar surface area (TPSA) is 41.1 Å². The van der Waals surface area contributed by atoms with E-state index in [9.17, 15) is 4.79 Å². The molecule has 1 amide bonds. The molecule has 0 radical (unpaired) electrons. The van der Waals surface area contributed by atoms with Crippen molar-refractivity contribution in [1.29, 1.82) is 0 Å². The highest BCUT2D eigenvalue weighted by Gasteiger charge is 2.22. The normalized spacial score (nSPS) is 22.5. The first-order valence-electron chi connectivity index (χ1n) is 6.06. The number of hydrogen-bond acceptors (Lipinski definition) is 2. The minimum atomic E-state index is -0.125. The number of benzene rings is 1. The standard InChI is InChI=1S/C13H16Cl2N2O.ClH/c1-8-12(3-2-4-16-8)17-13(18)9-5-10(14)7-11(15)6-9;/h5-8,12,16H,2-4H2,1H3,(H,17,18);1H. The van der Waals surface area contributed by atoms with Crippen LogP contribution < -0.4 is 10.6 Å². The number of amides is 1. The van der Waals surface area contributed by atoms with Crippen molar-refractivity contribution in [1.82, 2.24) is 10.6 Å². The third-order valence-corrected chi connectivity index (χ3v) is 3.64. The van der Waals surface area contributed by atoms with E-state index in [1.165, 1.54) is 0 Å². The van der Waals surface area contributed by atoms with E-state index in [4.69, 9.17) is 23.2 Å². The Labute approximate surface area is 129 Å². The van der Waals surface area contributed by atoms with Gasteiger partial charge in [0.1, 0.15) is 0 Å². The number of nitrogens with one attached hydrogen (secondary N) is 2. The van der Waals surface area contributed by atoms with E-state index in [0.717, 1.165) is 19.4 Å². The Morgan fingerprint density at radius 2 is 1.95 bits per heavy atom. The third-order valence-electron chi connectivity index (χ3n) is 3.20. The van der Waals surface area contributed by atoms with Gasteiger partial charge in [-0.1, -0.05) is 23.2 Å². The van der Waals surface area contributed by atoms with Crippen LogP contribution in [0.2, 0.25) is 10.0 Å². The molecule has 3 nitrogen and oxygen atoms in total. The molecule has 2 atom stereocenters. The van der Waals surface area contributed by atoms with Crippen molar-refractivity contribution in [2.45, 2.75) is 31.8 Å². The van der Waals surface area contributed by atoms with Crippen molar-refractivity contribution >= 4 is 41.5 Å². The molecule has 1 fully saturated rings. The fraction of sp³-hybridized carbons (Fsp3) is 0.462. The van der Waals surface area contributed by atoms with Crippen molar-refractivity contribution in [3.63, 3.8) is 0 Å². The fourth-order valence-electron chi connectivity index (χ4n) is 2.18. The summed E-state index contributed by atoms with van der Waals surface area (Å²) in [6.45, 7) is 3.09. The Kier molecular flexibility index (Phi) is 6.40. The Morgan fingerprint density at radius 3 is 2.53 bits per heavy atom. The van der Waals surface area contributed by atoms with Gasteiger partial charge in [-0.25, -0.2) is 0 Å². The summed E-state index contributed by atoms with van der Waals surface area (Å²) in [5.74, 6) is -0.125. The van der Waals surface area contributed by atoms with Crippen LogP contribution in [-0.4, -0.2) is 24.5 Å². The Morgan fingerprint density at radius 1 is 1.32 bits per heavy atom. The predicted molar refractivity (Wildman–Crippen MR) is 81.7 cm³/mol. The molecule has 1 aliphatic heterocycles. The van der Waals surface area contributed by atoms with Crippen molar-refractivity contribution in [2.75, 3.05) is 6.54 Å². The summed E-state index contributed by atoms with van der Waals surface area (Å²) in [7, 11) is 0. The van der Waals surface area contributed by atoms with Gasteiger partial charge in [0, 0.05) is 27.7 Å². The van der Waals surface area contributed by atoms with Gasteiger partial charge in [0.05, 0.1) is 0 Å². The van der Waals surface area contributed by atoms with Gasteiger partial charge >= 0.3 is 0 Å². The third kappa shape index (κ3) is 4.53. The molecule has 1 aromatic carbocycles. The highest BCUT2D eigenvalue weighted by molar-refractivity contribution is 6.35. The van der Waals surface area contributed by atoms with Crippen LogP contribution in [0.5, 0.6) is 0 Å². The average Bonchev–Trinajstić information content (AvgIpc) is 2.31. The second-order valence-corrected chi connectivity index (χ2v) is 5.50. The molecule has 1 heterocycles. The second-order valence-electron chi connectivity index (χ2n) is 4.62. The van der Waals surface area contributed by atoms with E-state index in [2.05, 4.69) is 17.6 Å². The molecule has 2 unspecified atom stereocenters. The molecule has 106 valence electrons. The summed E-state index contributed by atoms with van der Waals surface area (Å²) < 4.78 is 0. The number of piperidine rings is 1. The Hall–Kier alpha value is -0.480. The van der Waals surface area contributed by atoms with Crippen LogP contribution in [-0.2, 0) is 0 Å². The molecule has 1 aliphatic rings. The highest BCUT2D eigenvalue weighted by Crippen LogP contribution is 2.19. The lowest BCUT2D eigenvalue weighted by atomic mass is 9.99. The van der Waals surface area contributed by atoms with E-state index in [-0.39, 0.29) is 30.4 Å². The van der Waals surface area contributed by atoms with Gasteiger partial charge in [0.25, 0.3) is 5.91 Å². The van der Waals surface area contributed by atoms with Gasteiger partial charge in [-0.05, 0) is 44.5 Å². The quantitative estimate of drug-likeness (QED) is 0.877. The predicted octanol–water partition coefficient (Wildman–Crippen LogP) is 3.29. The number of rotatable bonds is 2. The molecule has 6 heteroatoms.